The number of ether oxygens (including phenoxy) is 3. The van der Waals surface area contributed by atoms with Gasteiger partial charge in [0.15, 0.2) is 11.5 Å². The molecule has 1 fully saturated rings. The molecular formula is C28H31NO7. The fourth-order valence-electron chi connectivity index (χ4n) is 6.41. The van der Waals surface area contributed by atoms with Gasteiger partial charge in [-0.1, -0.05) is 30.4 Å². The third-order valence-corrected chi connectivity index (χ3v) is 7.95. The number of rotatable bonds is 4. The number of aliphatic carboxylic acids is 1. The number of phenols is 1. The number of benzene rings is 2. The number of esters is 1. The monoisotopic (exact) mass is 493 g/mol. The Kier molecular flexibility index (Phi) is 6.26. The molecule has 8 heteroatoms. The first-order valence-corrected chi connectivity index (χ1v) is 12.1. The molecule has 5 atom stereocenters. The van der Waals surface area contributed by atoms with Gasteiger partial charge in [0.1, 0.15) is 12.2 Å². The average Bonchev–Trinajstić information content (AvgIpc) is 3.22. The molecular weight excluding hydrogens is 462 g/mol. The van der Waals surface area contributed by atoms with Gasteiger partial charge < -0.3 is 29.3 Å². The van der Waals surface area contributed by atoms with E-state index in [1.54, 1.807) is 18.2 Å². The van der Waals surface area contributed by atoms with Gasteiger partial charge in [-0.3, -0.25) is 4.79 Å². The van der Waals surface area contributed by atoms with Crippen molar-refractivity contribution in [1.29, 1.82) is 0 Å². The Morgan fingerprint density at radius 3 is 2.58 bits per heavy atom. The van der Waals surface area contributed by atoms with E-state index in [0.717, 1.165) is 31.9 Å². The van der Waals surface area contributed by atoms with Crippen LogP contribution in [0.3, 0.4) is 0 Å². The van der Waals surface area contributed by atoms with Gasteiger partial charge in [-0.25, -0.2) is 4.79 Å². The number of carboxylic acid groups (broad SMARTS) is 1. The van der Waals surface area contributed by atoms with Crippen LogP contribution in [-0.4, -0.2) is 66.0 Å². The molecule has 1 saturated heterocycles. The summed E-state index contributed by atoms with van der Waals surface area (Å²) >= 11 is 0. The molecule has 0 saturated carbocycles. The molecule has 1 spiro atoms. The van der Waals surface area contributed by atoms with Crippen molar-refractivity contribution in [2.75, 3.05) is 20.7 Å². The van der Waals surface area contributed by atoms with E-state index >= 15 is 0 Å². The minimum atomic E-state index is -0.833. The van der Waals surface area contributed by atoms with Crippen molar-refractivity contribution < 1.29 is 34.0 Å². The fraction of sp³-hybridized carbons (Fsp3) is 0.429. The molecule has 0 unspecified atom stereocenters. The lowest BCUT2D eigenvalue weighted by Crippen LogP contribution is -2.65. The average molecular weight is 494 g/mol. The van der Waals surface area contributed by atoms with Crippen molar-refractivity contribution in [3.63, 3.8) is 0 Å². The zero-order valence-corrected chi connectivity index (χ0v) is 20.6. The summed E-state index contributed by atoms with van der Waals surface area (Å²) in [5, 5.41) is 18.0. The molecule has 0 amide bonds. The van der Waals surface area contributed by atoms with Crippen LogP contribution in [0, 0.1) is 5.92 Å². The van der Waals surface area contributed by atoms with E-state index in [2.05, 4.69) is 30.2 Å². The number of aromatic hydroxyl groups is 1. The highest BCUT2D eigenvalue weighted by Gasteiger charge is 2.64. The summed E-state index contributed by atoms with van der Waals surface area (Å²) in [5.41, 5.74) is 3.84. The van der Waals surface area contributed by atoms with Crippen molar-refractivity contribution in [3.05, 3.63) is 70.8 Å². The summed E-state index contributed by atoms with van der Waals surface area (Å²) in [6.45, 7) is 2.50. The van der Waals surface area contributed by atoms with Gasteiger partial charge in [0, 0.05) is 29.9 Å². The number of carbonyl (C=O) groups is 2. The van der Waals surface area contributed by atoms with Crippen LogP contribution in [0.4, 0.5) is 0 Å². The molecule has 190 valence electrons. The number of methoxy groups -OCH3 is 1. The number of hydrogen-bond acceptors (Lipinski definition) is 7. The number of piperidine rings is 1. The summed E-state index contributed by atoms with van der Waals surface area (Å²) < 4.78 is 17.7. The van der Waals surface area contributed by atoms with E-state index in [9.17, 15) is 9.90 Å². The van der Waals surface area contributed by atoms with Crippen LogP contribution in [0.15, 0.2) is 48.6 Å². The molecule has 2 aliphatic carbocycles. The predicted octanol–water partition coefficient (Wildman–Crippen LogP) is 3.30. The third-order valence-electron chi connectivity index (χ3n) is 7.95. The highest BCUT2D eigenvalue weighted by atomic mass is 16.6. The van der Waals surface area contributed by atoms with E-state index in [1.165, 1.54) is 18.2 Å². The van der Waals surface area contributed by atoms with Crippen LogP contribution < -0.4 is 4.74 Å². The van der Waals surface area contributed by atoms with Gasteiger partial charge in [0.05, 0.1) is 19.3 Å². The Morgan fingerprint density at radius 2 is 1.89 bits per heavy atom. The largest absolute Gasteiger partial charge is 0.504 e. The second-order valence-electron chi connectivity index (χ2n) is 9.92. The van der Waals surface area contributed by atoms with Gasteiger partial charge in [0.2, 0.25) is 0 Å². The smallest absolute Gasteiger partial charge is 0.337 e. The van der Waals surface area contributed by atoms with Crippen LogP contribution in [0.25, 0.3) is 0 Å². The molecule has 2 aromatic rings. The third kappa shape index (κ3) is 3.85. The molecule has 2 aliphatic heterocycles. The van der Waals surface area contributed by atoms with E-state index < -0.39 is 5.97 Å². The Bertz CT molecular complexity index is 1200. The zero-order chi connectivity index (χ0) is 25.6. The molecule has 0 aromatic heterocycles. The normalized spacial score (nSPS) is 28.9. The standard InChI is InChI=1S/C26H27NO5.C2H4O2/c1-27-12-11-26-18-8-10-21(31-14-15-3-5-16(6-4-15)25(29)30-2)24(26)32-23-20(28)9-7-17(22(23)26)13-19(18)27;1-2(3)4/h3-10,18-19,21,24,28H,11-14H2,1-2H3;1H3,(H,3,4)/t18-,19+,21-,24-,26-;/m0./s1. The van der Waals surface area contributed by atoms with Crippen molar-refractivity contribution in [3.8, 4) is 11.5 Å². The maximum Gasteiger partial charge on any atom is 0.337 e. The predicted molar refractivity (Wildman–Crippen MR) is 131 cm³/mol. The SMILES string of the molecule is CC(=O)O.COC(=O)c1ccc(CO[C@H]2C=C[C@H]3[C@H]4Cc5ccc(O)c6c5[C@@]3(CCN4C)[C@H]2O6)cc1. The Balaban J connectivity index is 0.000000623. The summed E-state index contributed by atoms with van der Waals surface area (Å²) in [6, 6.07) is 11.6. The van der Waals surface area contributed by atoms with Crippen LogP contribution >= 0.6 is 0 Å². The number of hydrogen-bond donors (Lipinski definition) is 2. The quantitative estimate of drug-likeness (QED) is 0.494. The number of carbonyl (C=O) groups excluding carboxylic acids is 1. The van der Waals surface area contributed by atoms with Crippen LogP contribution in [0.1, 0.15) is 40.4 Å². The summed E-state index contributed by atoms with van der Waals surface area (Å²) in [5.74, 6) is 0.0432. The lowest BCUT2D eigenvalue weighted by Gasteiger charge is -2.56. The first kappa shape index (κ1) is 24.3. The number of phenolic OH excluding ortho intramolecular Hbond substituents is 1. The molecule has 2 heterocycles. The van der Waals surface area contributed by atoms with E-state index in [1.807, 2.05) is 12.1 Å². The maximum atomic E-state index is 11.7. The molecule has 0 radical (unpaired) electrons. The van der Waals surface area contributed by atoms with Crippen LogP contribution in [0.5, 0.6) is 11.5 Å². The van der Waals surface area contributed by atoms with Gasteiger partial charge >= 0.3 is 5.97 Å². The Morgan fingerprint density at radius 1 is 1.17 bits per heavy atom. The molecule has 2 aromatic carbocycles. The summed E-state index contributed by atoms with van der Waals surface area (Å²) in [4.78, 5) is 23.1. The van der Waals surface area contributed by atoms with Gasteiger partial charge in [-0.05, 0) is 55.8 Å². The minimum absolute atomic E-state index is 0.160. The first-order chi connectivity index (χ1) is 17.3. The molecule has 2 bridgehead atoms. The van der Waals surface area contributed by atoms with Crippen molar-refractivity contribution in [2.24, 2.45) is 5.92 Å². The van der Waals surface area contributed by atoms with Crippen molar-refractivity contribution in [1.82, 2.24) is 4.90 Å². The van der Waals surface area contributed by atoms with Crippen LogP contribution in [0.2, 0.25) is 0 Å². The van der Waals surface area contributed by atoms with Gasteiger partial charge in [-0.2, -0.15) is 0 Å². The van der Waals surface area contributed by atoms with Crippen molar-refractivity contribution in [2.45, 2.75) is 50.0 Å². The second-order valence-corrected chi connectivity index (χ2v) is 9.92. The number of nitrogens with zero attached hydrogens (tertiary/aromatic N) is 1. The molecule has 4 aliphatic rings. The van der Waals surface area contributed by atoms with Crippen LogP contribution in [-0.2, 0) is 32.7 Å². The molecule has 8 nitrogen and oxygen atoms in total. The number of likely N-dealkylation sites (tertiary alicyclic amines) is 1. The molecule has 6 rings (SSSR count). The topological polar surface area (TPSA) is 106 Å². The van der Waals surface area contributed by atoms with E-state index in [-0.39, 0.29) is 29.3 Å². The first-order valence-electron chi connectivity index (χ1n) is 12.1. The highest BCUT2D eigenvalue weighted by Crippen LogP contribution is 2.62. The Labute approximate surface area is 210 Å². The number of carboxylic acids is 1. The maximum absolute atomic E-state index is 11.7. The lowest BCUT2D eigenvalue weighted by atomic mass is 9.53. The minimum Gasteiger partial charge on any atom is -0.504 e. The van der Waals surface area contributed by atoms with Crippen molar-refractivity contribution >= 4 is 11.9 Å². The molecule has 36 heavy (non-hydrogen) atoms. The Hall–Kier alpha value is -3.36. The van der Waals surface area contributed by atoms with E-state index in [0.29, 0.717) is 29.9 Å². The lowest BCUT2D eigenvalue weighted by molar-refractivity contribution is -0.134. The molecule has 2 N–H and O–H groups in total. The second kappa shape index (κ2) is 9.26. The summed E-state index contributed by atoms with van der Waals surface area (Å²) in [7, 11) is 3.59. The van der Waals surface area contributed by atoms with Gasteiger partial charge in [-0.15, -0.1) is 0 Å². The van der Waals surface area contributed by atoms with Gasteiger partial charge in [0.25, 0.3) is 5.97 Å². The zero-order valence-electron chi connectivity index (χ0n) is 20.6. The number of likely N-dealkylation sites (N-methyl/N-ethyl adjacent to an activating group) is 1. The highest BCUT2D eigenvalue weighted by molar-refractivity contribution is 5.89. The summed E-state index contributed by atoms with van der Waals surface area (Å²) in [6.07, 6.45) is 6.06. The van der Waals surface area contributed by atoms with E-state index in [4.69, 9.17) is 24.1 Å². The fourth-order valence-corrected chi connectivity index (χ4v) is 6.41.